The van der Waals surface area contributed by atoms with E-state index in [9.17, 15) is 14.4 Å². The molecule has 0 bridgehead atoms. The Morgan fingerprint density at radius 1 is 1.29 bits per heavy atom. The Morgan fingerprint density at radius 2 is 2.00 bits per heavy atom. The molecule has 0 saturated heterocycles. The second-order valence-corrected chi connectivity index (χ2v) is 3.37. The van der Waals surface area contributed by atoms with E-state index in [1.807, 2.05) is 6.92 Å². The number of esters is 1. The lowest BCUT2D eigenvalue weighted by molar-refractivity contribution is -0.168. The van der Waals surface area contributed by atoms with Gasteiger partial charge in [-0.05, 0) is 6.42 Å². The third-order valence-corrected chi connectivity index (χ3v) is 1.82. The summed E-state index contributed by atoms with van der Waals surface area (Å²) in [4.78, 5) is 32.4. The van der Waals surface area contributed by atoms with Gasteiger partial charge in [0.1, 0.15) is 6.29 Å². The summed E-state index contributed by atoms with van der Waals surface area (Å²) in [5.41, 5.74) is 0. The van der Waals surface area contributed by atoms with Crippen LogP contribution in [0.1, 0.15) is 39.5 Å². The fourth-order valence-electron chi connectivity index (χ4n) is 0.961. The zero-order chi connectivity index (χ0) is 13.1. The lowest BCUT2D eigenvalue weighted by Gasteiger charge is -2.16. The maximum absolute atomic E-state index is 11.2. The van der Waals surface area contributed by atoms with E-state index in [0.29, 0.717) is 19.3 Å². The van der Waals surface area contributed by atoms with Crippen LogP contribution < -0.4 is 5.32 Å². The van der Waals surface area contributed by atoms with E-state index in [0.717, 1.165) is 6.42 Å². The van der Waals surface area contributed by atoms with Crippen LogP contribution >= 0.6 is 0 Å². The first-order valence-corrected chi connectivity index (χ1v) is 5.71. The molecule has 1 N–H and O–H groups in total. The zero-order valence-electron chi connectivity index (χ0n) is 10.2. The number of alkyl carbamates (subject to hydrolysis) is 1. The minimum atomic E-state index is -0.897. The molecule has 0 rings (SSSR count). The van der Waals surface area contributed by atoms with Crippen LogP contribution in [0.2, 0.25) is 0 Å². The van der Waals surface area contributed by atoms with Crippen molar-refractivity contribution in [3.63, 3.8) is 0 Å². The fraction of sp³-hybridized carbons (Fsp3) is 0.727. The second kappa shape index (κ2) is 9.62. The van der Waals surface area contributed by atoms with Crippen LogP contribution in [-0.4, -0.2) is 31.2 Å². The summed E-state index contributed by atoms with van der Waals surface area (Å²) in [6.07, 6.45) is 0.402. The molecule has 0 aliphatic heterocycles. The van der Waals surface area contributed by atoms with Gasteiger partial charge in [-0.25, -0.2) is 4.79 Å². The molecule has 0 aromatic rings. The molecule has 0 spiro atoms. The van der Waals surface area contributed by atoms with Gasteiger partial charge in [0.05, 0.1) is 6.42 Å². The number of carbonyl (C=O) groups is 3. The van der Waals surface area contributed by atoms with Gasteiger partial charge in [-0.1, -0.05) is 13.8 Å². The SMILES string of the molecule is CCCNC(=O)OC(CC)OC(=O)CCC=O. The second-order valence-electron chi connectivity index (χ2n) is 3.37. The molecule has 98 valence electrons. The van der Waals surface area contributed by atoms with Crippen molar-refractivity contribution in [2.24, 2.45) is 0 Å². The van der Waals surface area contributed by atoms with E-state index in [2.05, 4.69) is 5.32 Å². The molecule has 0 saturated carbocycles. The molecule has 1 unspecified atom stereocenters. The van der Waals surface area contributed by atoms with Crippen molar-refractivity contribution in [3.8, 4) is 0 Å². The number of hydrogen-bond acceptors (Lipinski definition) is 5. The summed E-state index contributed by atoms with van der Waals surface area (Å²) >= 11 is 0. The normalized spacial score (nSPS) is 11.4. The fourth-order valence-corrected chi connectivity index (χ4v) is 0.961. The first-order chi connectivity index (χ1) is 8.13. The Bertz CT molecular complexity index is 254. The third kappa shape index (κ3) is 8.24. The maximum Gasteiger partial charge on any atom is 0.410 e. The molecule has 6 heteroatoms. The summed E-state index contributed by atoms with van der Waals surface area (Å²) in [7, 11) is 0. The number of amides is 1. The van der Waals surface area contributed by atoms with Gasteiger partial charge in [-0.2, -0.15) is 0 Å². The van der Waals surface area contributed by atoms with Crippen LogP contribution in [0.4, 0.5) is 4.79 Å². The quantitative estimate of drug-likeness (QED) is 0.397. The van der Waals surface area contributed by atoms with Gasteiger partial charge < -0.3 is 19.6 Å². The van der Waals surface area contributed by atoms with Crippen molar-refractivity contribution in [2.75, 3.05) is 6.54 Å². The first-order valence-electron chi connectivity index (χ1n) is 5.71. The average Bonchev–Trinajstić information content (AvgIpc) is 2.32. The molecule has 0 radical (unpaired) electrons. The smallest absolute Gasteiger partial charge is 0.410 e. The highest BCUT2D eigenvalue weighted by Crippen LogP contribution is 2.03. The number of hydrogen-bond donors (Lipinski definition) is 1. The number of aldehydes is 1. The minimum Gasteiger partial charge on any atom is -0.425 e. The monoisotopic (exact) mass is 245 g/mol. The Morgan fingerprint density at radius 3 is 2.53 bits per heavy atom. The highest BCUT2D eigenvalue weighted by Gasteiger charge is 2.16. The summed E-state index contributed by atoms with van der Waals surface area (Å²) in [5, 5.41) is 2.50. The number of nitrogens with one attached hydrogen (secondary N) is 1. The number of ether oxygens (including phenoxy) is 2. The van der Waals surface area contributed by atoms with Crippen LogP contribution in [0.5, 0.6) is 0 Å². The van der Waals surface area contributed by atoms with E-state index < -0.39 is 18.4 Å². The van der Waals surface area contributed by atoms with E-state index in [4.69, 9.17) is 9.47 Å². The standard InChI is InChI=1S/C11H19NO5/c1-3-7-12-11(15)17-10(4-2)16-9(14)6-5-8-13/h8,10H,3-7H2,1-2H3,(H,12,15). The van der Waals surface area contributed by atoms with Crippen LogP contribution in [0, 0.1) is 0 Å². The molecule has 0 aliphatic carbocycles. The van der Waals surface area contributed by atoms with Crippen molar-refractivity contribution in [1.29, 1.82) is 0 Å². The summed E-state index contributed by atoms with van der Waals surface area (Å²) in [5.74, 6) is -0.549. The maximum atomic E-state index is 11.2. The Kier molecular flexibility index (Phi) is 8.72. The van der Waals surface area contributed by atoms with Gasteiger partial charge in [-0.3, -0.25) is 4.79 Å². The highest BCUT2D eigenvalue weighted by atomic mass is 16.7. The van der Waals surface area contributed by atoms with Crippen molar-refractivity contribution in [3.05, 3.63) is 0 Å². The summed E-state index contributed by atoms with van der Waals surface area (Å²) in [6.45, 7) is 4.15. The predicted octanol–water partition coefficient (Wildman–Crippen LogP) is 1.38. The number of carbonyl (C=O) groups excluding carboxylic acids is 3. The zero-order valence-corrected chi connectivity index (χ0v) is 10.2. The topological polar surface area (TPSA) is 81.7 Å². The molecule has 0 aliphatic rings. The van der Waals surface area contributed by atoms with Crippen molar-refractivity contribution >= 4 is 18.3 Å². The molecule has 0 fully saturated rings. The van der Waals surface area contributed by atoms with E-state index in [1.54, 1.807) is 6.92 Å². The molecule has 1 atom stereocenters. The van der Waals surface area contributed by atoms with E-state index >= 15 is 0 Å². The predicted molar refractivity (Wildman–Crippen MR) is 60.2 cm³/mol. The average molecular weight is 245 g/mol. The van der Waals surface area contributed by atoms with Crippen molar-refractivity contribution < 1.29 is 23.9 Å². The van der Waals surface area contributed by atoms with Crippen LogP contribution in [0.25, 0.3) is 0 Å². The van der Waals surface area contributed by atoms with Gasteiger partial charge in [-0.15, -0.1) is 0 Å². The van der Waals surface area contributed by atoms with Crippen molar-refractivity contribution in [2.45, 2.75) is 45.8 Å². The summed E-state index contributed by atoms with van der Waals surface area (Å²) < 4.78 is 9.74. The molecule has 1 amide bonds. The summed E-state index contributed by atoms with van der Waals surface area (Å²) in [6, 6.07) is 0. The minimum absolute atomic E-state index is 0.0000605. The molecular formula is C11H19NO5. The molecule has 17 heavy (non-hydrogen) atoms. The molecule has 0 aromatic carbocycles. The van der Waals surface area contributed by atoms with E-state index in [1.165, 1.54) is 0 Å². The van der Waals surface area contributed by atoms with Gasteiger partial charge >= 0.3 is 12.1 Å². The lowest BCUT2D eigenvalue weighted by Crippen LogP contribution is -2.31. The van der Waals surface area contributed by atoms with Gasteiger partial charge in [0.15, 0.2) is 0 Å². The molecule has 0 aromatic heterocycles. The molecular weight excluding hydrogens is 226 g/mol. The van der Waals surface area contributed by atoms with Crippen LogP contribution in [0.15, 0.2) is 0 Å². The van der Waals surface area contributed by atoms with Gasteiger partial charge in [0.2, 0.25) is 6.29 Å². The third-order valence-electron chi connectivity index (χ3n) is 1.82. The largest absolute Gasteiger partial charge is 0.425 e. The van der Waals surface area contributed by atoms with E-state index in [-0.39, 0.29) is 12.8 Å². The number of rotatable bonds is 8. The van der Waals surface area contributed by atoms with Crippen molar-refractivity contribution in [1.82, 2.24) is 5.32 Å². The molecule has 6 nitrogen and oxygen atoms in total. The van der Waals surface area contributed by atoms with Crippen LogP contribution in [-0.2, 0) is 19.1 Å². The van der Waals surface area contributed by atoms with Gasteiger partial charge in [0.25, 0.3) is 0 Å². The van der Waals surface area contributed by atoms with Crippen LogP contribution in [0.3, 0.4) is 0 Å². The first kappa shape index (κ1) is 15.4. The molecule has 0 heterocycles. The Hall–Kier alpha value is -1.59. The lowest BCUT2D eigenvalue weighted by atomic mass is 10.3. The van der Waals surface area contributed by atoms with Gasteiger partial charge in [0, 0.05) is 19.4 Å². The highest BCUT2D eigenvalue weighted by molar-refractivity contribution is 5.73. The Balaban J connectivity index is 3.93. The Labute approximate surface area is 101 Å².